The summed E-state index contributed by atoms with van der Waals surface area (Å²) >= 11 is 0. The quantitative estimate of drug-likeness (QED) is 0.127. The van der Waals surface area contributed by atoms with Crippen LogP contribution in [0.4, 0.5) is 34.1 Å². The van der Waals surface area contributed by atoms with Crippen molar-refractivity contribution in [3.8, 4) is 11.1 Å². The van der Waals surface area contributed by atoms with Gasteiger partial charge >= 0.3 is 0 Å². The molecule has 9 aromatic carbocycles. The summed E-state index contributed by atoms with van der Waals surface area (Å²) in [5.74, 6) is 0. The van der Waals surface area contributed by atoms with Crippen molar-refractivity contribution in [1.82, 2.24) is 0 Å². The van der Waals surface area contributed by atoms with Gasteiger partial charge in [0.1, 0.15) is 0 Å². The second kappa shape index (κ2) is 12.8. The van der Waals surface area contributed by atoms with Gasteiger partial charge in [0.2, 0.25) is 0 Å². The number of hydrogen-bond acceptors (Lipinski definition) is 2. The van der Waals surface area contributed by atoms with Crippen LogP contribution in [0.15, 0.2) is 206 Å². The zero-order valence-electron chi connectivity index (χ0n) is 27.5. The first kappa shape index (κ1) is 29.5. The molecule has 0 saturated carbocycles. The highest BCUT2D eigenvalue weighted by Gasteiger charge is 2.27. The van der Waals surface area contributed by atoms with Gasteiger partial charge in [-0.05, 0) is 47.3 Å². The average molecular weight is 639 g/mol. The van der Waals surface area contributed by atoms with E-state index < -0.39 is 0 Å². The molecule has 0 fully saturated rings. The van der Waals surface area contributed by atoms with E-state index >= 15 is 0 Å². The Labute approximate surface area is 292 Å². The van der Waals surface area contributed by atoms with Gasteiger partial charge < -0.3 is 9.80 Å². The zero-order valence-corrected chi connectivity index (χ0v) is 27.5. The summed E-state index contributed by atoms with van der Waals surface area (Å²) in [6.45, 7) is 0. The molecule has 0 radical (unpaired) electrons. The van der Waals surface area contributed by atoms with Crippen LogP contribution < -0.4 is 9.80 Å². The Morgan fingerprint density at radius 3 is 1.08 bits per heavy atom. The number of fused-ring (bicyclic) bond motifs is 3. The van der Waals surface area contributed by atoms with E-state index in [-0.39, 0.29) is 0 Å². The van der Waals surface area contributed by atoms with Gasteiger partial charge in [-0.2, -0.15) is 0 Å². The Bertz CT molecular complexity index is 2480. The molecule has 0 spiro atoms. The normalized spacial score (nSPS) is 11.2. The lowest BCUT2D eigenvalue weighted by atomic mass is 9.93. The monoisotopic (exact) mass is 638 g/mol. The van der Waals surface area contributed by atoms with E-state index in [1.165, 1.54) is 43.4 Å². The smallest absolute Gasteiger partial charge is 0.0620 e. The first-order valence-electron chi connectivity index (χ1n) is 17.1. The first-order valence-corrected chi connectivity index (χ1v) is 17.1. The van der Waals surface area contributed by atoms with Crippen LogP contribution in [0.25, 0.3) is 43.4 Å². The van der Waals surface area contributed by atoms with Crippen molar-refractivity contribution in [2.75, 3.05) is 9.80 Å². The molecule has 0 unspecified atom stereocenters. The highest BCUT2D eigenvalue weighted by molar-refractivity contribution is 6.24. The van der Waals surface area contributed by atoms with Crippen molar-refractivity contribution < 1.29 is 0 Å². The molecule has 0 atom stereocenters. The molecular weight excluding hydrogens is 605 g/mol. The molecule has 0 amide bonds. The maximum Gasteiger partial charge on any atom is 0.0620 e. The zero-order chi connectivity index (χ0) is 33.3. The van der Waals surface area contributed by atoms with Crippen LogP contribution in [0.5, 0.6) is 0 Å². The molecule has 9 aromatic rings. The lowest BCUT2D eigenvalue weighted by Crippen LogP contribution is -2.15. The maximum atomic E-state index is 2.51. The lowest BCUT2D eigenvalue weighted by Gasteiger charge is -2.34. The van der Waals surface area contributed by atoms with E-state index in [9.17, 15) is 0 Å². The van der Waals surface area contributed by atoms with Gasteiger partial charge in [-0.15, -0.1) is 0 Å². The highest BCUT2D eigenvalue weighted by Crippen LogP contribution is 2.53. The molecule has 2 heteroatoms. The van der Waals surface area contributed by atoms with Gasteiger partial charge in [-0.25, -0.2) is 0 Å². The summed E-state index contributed by atoms with van der Waals surface area (Å²) in [5.41, 5.74) is 9.16. The summed E-state index contributed by atoms with van der Waals surface area (Å²) in [7, 11) is 0. The minimum atomic E-state index is 1.10. The number of hydrogen-bond donors (Lipinski definition) is 0. The van der Waals surface area contributed by atoms with Crippen LogP contribution in [0.2, 0.25) is 0 Å². The topological polar surface area (TPSA) is 6.48 Å². The Morgan fingerprint density at radius 1 is 0.240 bits per heavy atom. The molecule has 0 aliphatic carbocycles. The molecule has 9 rings (SSSR count). The van der Waals surface area contributed by atoms with E-state index in [0.717, 1.165) is 34.1 Å². The number of para-hydroxylation sites is 3. The van der Waals surface area contributed by atoms with Crippen molar-refractivity contribution in [2.45, 2.75) is 0 Å². The van der Waals surface area contributed by atoms with Crippen LogP contribution in [0.3, 0.4) is 0 Å². The first-order chi connectivity index (χ1) is 24.9. The van der Waals surface area contributed by atoms with Gasteiger partial charge in [-0.3, -0.25) is 0 Å². The summed E-state index contributed by atoms with van der Waals surface area (Å²) in [4.78, 5) is 4.92. The fourth-order valence-corrected chi connectivity index (χ4v) is 7.42. The molecule has 0 aromatic heterocycles. The Balaban J connectivity index is 1.45. The number of rotatable bonds is 7. The molecule has 0 heterocycles. The minimum absolute atomic E-state index is 1.10. The third-order valence-electron chi connectivity index (χ3n) is 9.57. The second-order valence-corrected chi connectivity index (χ2v) is 12.5. The SMILES string of the molecule is c1ccc(-c2ccc3ccccc3c2N(c2ccccc2)c2c3ccccc3c(N(c3ccccc3)c3ccccc3)c3ccccc23)cc1. The van der Waals surface area contributed by atoms with Crippen LogP contribution >= 0.6 is 0 Å². The van der Waals surface area contributed by atoms with Crippen molar-refractivity contribution >= 4 is 66.4 Å². The molecule has 236 valence electrons. The summed E-state index contributed by atoms with van der Waals surface area (Å²) in [6.07, 6.45) is 0. The van der Waals surface area contributed by atoms with E-state index in [1.54, 1.807) is 0 Å². The van der Waals surface area contributed by atoms with Gasteiger partial charge in [-0.1, -0.05) is 170 Å². The fourth-order valence-electron chi connectivity index (χ4n) is 7.42. The van der Waals surface area contributed by atoms with Crippen molar-refractivity contribution in [2.24, 2.45) is 0 Å². The van der Waals surface area contributed by atoms with E-state index in [1.807, 2.05) is 0 Å². The summed E-state index contributed by atoms with van der Waals surface area (Å²) in [5, 5.41) is 7.10. The standard InChI is InChI=1S/C48H34N2/c1-5-19-35(20-6-1)41-34-33-36-21-13-14-28-40(36)46(41)50(39-26-11-4-12-27-39)48-44-31-17-15-29-42(44)47(43-30-16-18-32-45(43)48)49(37-22-7-2-8-23-37)38-24-9-3-10-25-38/h1-34H. The average Bonchev–Trinajstić information content (AvgIpc) is 3.20. The van der Waals surface area contributed by atoms with E-state index in [4.69, 9.17) is 0 Å². The lowest BCUT2D eigenvalue weighted by molar-refractivity contribution is 1.30. The van der Waals surface area contributed by atoms with Gasteiger partial charge in [0, 0.05) is 49.6 Å². The van der Waals surface area contributed by atoms with Gasteiger partial charge in [0.05, 0.1) is 17.1 Å². The molecule has 50 heavy (non-hydrogen) atoms. The number of benzene rings is 9. The highest BCUT2D eigenvalue weighted by atomic mass is 15.2. The predicted octanol–water partition coefficient (Wildman–Crippen LogP) is 13.8. The molecule has 0 bridgehead atoms. The van der Waals surface area contributed by atoms with E-state index in [2.05, 4.69) is 216 Å². The van der Waals surface area contributed by atoms with Crippen LogP contribution in [-0.2, 0) is 0 Å². The molecule has 0 N–H and O–H groups in total. The fraction of sp³-hybridized carbons (Fsp3) is 0. The van der Waals surface area contributed by atoms with Crippen LogP contribution in [-0.4, -0.2) is 0 Å². The van der Waals surface area contributed by atoms with Crippen LogP contribution in [0.1, 0.15) is 0 Å². The van der Waals surface area contributed by atoms with Crippen molar-refractivity contribution in [3.63, 3.8) is 0 Å². The molecule has 0 saturated heterocycles. The Hall–Kier alpha value is -6.64. The molecular formula is C48H34N2. The maximum absolute atomic E-state index is 2.51. The van der Waals surface area contributed by atoms with Gasteiger partial charge in [0.15, 0.2) is 0 Å². The molecule has 2 nitrogen and oxygen atoms in total. The summed E-state index contributed by atoms with van der Waals surface area (Å²) in [6, 6.07) is 74.1. The summed E-state index contributed by atoms with van der Waals surface area (Å²) < 4.78 is 0. The van der Waals surface area contributed by atoms with Gasteiger partial charge in [0.25, 0.3) is 0 Å². The molecule has 0 aliphatic rings. The Morgan fingerprint density at radius 2 is 0.600 bits per heavy atom. The largest absolute Gasteiger partial charge is 0.309 e. The molecule has 0 aliphatic heterocycles. The second-order valence-electron chi connectivity index (χ2n) is 12.5. The third-order valence-corrected chi connectivity index (χ3v) is 9.57. The number of nitrogens with zero attached hydrogens (tertiary/aromatic N) is 2. The third kappa shape index (κ3) is 5.06. The Kier molecular flexibility index (Phi) is 7.53. The number of anilines is 6. The van der Waals surface area contributed by atoms with Crippen molar-refractivity contribution in [1.29, 1.82) is 0 Å². The van der Waals surface area contributed by atoms with E-state index in [0.29, 0.717) is 0 Å². The predicted molar refractivity (Wildman–Crippen MR) is 214 cm³/mol. The van der Waals surface area contributed by atoms with Crippen LogP contribution in [0, 0.1) is 0 Å². The minimum Gasteiger partial charge on any atom is -0.309 e. The van der Waals surface area contributed by atoms with Crippen molar-refractivity contribution in [3.05, 3.63) is 206 Å².